The largest absolute Gasteiger partial charge is 0.421 e. The second kappa shape index (κ2) is 6.53. The molecule has 1 aliphatic rings. The Kier molecular flexibility index (Phi) is 4.04. The minimum atomic E-state index is -0.664. The van der Waals surface area contributed by atoms with Crippen molar-refractivity contribution in [3.8, 4) is 0 Å². The van der Waals surface area contributed by atoms with E-state index in [-0.39, 0.29) is 18.7 Å². The quantitative estimate of drug-likeness (QED) is 0.568. The Labute approximate surface area is 153 Å². The third-order valence-corrected chi connectivity index (χ3v) is 4.36. The van der Waals surface area contributed by atoms with Crippen LogP contribution in [0.25, 0.3) is 11.0 Å². The molecule has 0 bridgehead atoms. The van der Waals surface area contributed by atoms with Crippen molar-refractivity contribution in [2.24, 2.45) is 0 Å². The van der Waals surface area contributed by atoms with Gasteiger partial charge in [-0.3, -0.25) is 19.3 Å². The molecule has 0 unspecified atom stereocenters. The maximum Gasteiger partial charge on any atom is 0.360 e. The lowest BCUT2D eigenvalue weighted by atomic mass is 10.1. The number of para-hydroxylation sites is 1. The molecule has 7 heteroatoms. The number of fused-ring (bicyclic) bond motifs is 2. The van der Waals surface area contributed by atoms with E-state index >= 15 is 0 Å². The molecule has 0 atom stereocenters. The van der Waals surface area contributed by atoms with Crippen molar-refractivity contribution in [1.82, 2.24) is 4.90 Å². The van der Waals surface area contributed by atoms with Gasteiger partial charge in [-0.25, -0.2) is 4.79 Å². The maximum atomic E-state index is 12.3. The number of hydrogen-bond acceptors (Lipinski definition) is 5. The highest BCUT2D eigenvalue weighted by atomic mass is 16.4. The number of anilines is 1. The third kappa shape index (κ3) is 2.99. The van der Waals surface area contributed by atoms with E-state index in [2.05, 4.69) is 5.32 Å². The van der Waals surface area contributed by atoms with Gasteiger partial charge in [-0.1, -0.05) is 30.3 Å². The fourth-order valence-corrected chi connectivity index (χ4v) is 3.02. The lowest BCUT2D eigenvalue weighted by Gasteiger charge is -2.13. The molecule has 1 aliphatic heterocycles. The number of hydrogen-bond donors (Lipinski definition) is 1. The Morgan fingerprint density at radius 3 is 2.26 bits per heavy atom. The van der Waals surface area contributed by atoms with Crippen molar-refractivity contribution in [2.45, 2.75) is 6.42 Å². The van der Waals surface area contributed by atoms with Crippen LogP contribution < -0.4 is 10.9 Å². The van der Waals surface area contributed by atoms with Crippen molar-refractivity contribution < 1.29 is 18.8 Å². The summed E-state index contributed by atoms with van der Waals surface area (Å²) in [7, 11) is 0. The van der Waals surface area contributed by atoms with Gasteiger partial charge < -0.3 is 9.73 Å². The molecule has 27 heavy (non-hydrogen) atoms. The van der Waals surface area contributed by atoms with Gasteiger partial charge in [0.05, 0.1) is 11.1 Å². The zero-order chi connectivity index (χ0) is 19.0. The first-order chi connectivity index (χ1) is 13.0. The zero-order valence-corrected chi connectivity index (χ0v) is 14.1. The van der Waals surface area contributed by atoms with E-state index in [1.165, 1.54) is 6.07 Å². The molecule has 0 radical (unpaired) electrons. The standard InChI is InChI=1S/C20H14N2O5/c23-17(21-15-11-12-5-1-4-8-16(12)27-20(15)26)9-10-22-18(24)13-6-2-3-7-14(13)19(22)25/h1-8,11H,9-10H2,(H,21,23). The van der Waals surface area contributed by atoms with Crippen LogP contribution in [0.3, 0.4) is 0 Å². The van der Waals surface area contributed by atoms with Gasteiger partial charge in [0, 0.05) is 18.4 Å². The first-order valence-electron chi connectivity index (χ1n) is 8.32. The minimum absolute atomic E-state index is 0.0149. The monoisotopic (exact) mass is 362 g/mol. The lowest BCUT2D eigenvalue weighted by Crippen LogP contribution is -2.33. The molecule has 0 saturated carbocycles. The van der Waals surface area contributed by atoms with Crippen molar-refractivity contribution in [3.05, 3.63) is 76.1 Å². The molecule has 134 valence electrons. The van der Waals surface area contributed by atoms with Crippen LogP contribution in [0.5, 0.6) is 0 Å². The summed E-state index contributed by atoms with van der Waals surface area (Å²) in [5.74, 6) is -1.34. The van der Waals surface area contributed by atoms with Gasteiger partial charge in [-0.2, -0.15) is 0 Å². The van der Waals surface area contributed by atoms with Crippen LogP contribution in [0.2, 0.25) is 0 Å². The number of carbonyl (C=O) groups is 3. The summed E-state index contributed by atoms with van der Waals surface area (Å²) in [5.41, 5.74) is 0.437. The van der Waals surface area contributed by atoms with Gasteiger partial charge in [0.1, 0.15) is 11.3 Å². The molecule has 3 aromatic rings. The summed E-state index contributed by atoms with van der Waals surface area (Å²) in [6.07, 6.45) is -0.127. The molecule has 3 amide bonds. The highest BCUT2D eigenvalue weighted by Crippen LogP contribution is 2.22. The zero-order valence-electron chi connectivity index (χ0n) is 14.1. The number of carbonyl (C=O) groups excluding carboxylic acids is 3. The predicted octanol–water partition coefficient (Wildman–Crippen LogP) is 2.42. The summed E-state index contributed by atoms with van der Waals surface area (Å²) in [4.78, 5) is 49.8. The van der Waals surface area contributed by atoms with E-state index in [0.717, 1.165) is 4.90 Å². The van der Waals surface area contributed by atoms with Crippen LogP contribution >= 0.6 is 0 Å². The van der Waals surface area contributed by atoms with Gasteiger partial charge in [-0.05, 0) is 24.3 Å². The molecule has 2 aromatic carbocycles. The first-order valence-corrected chi connectivity index (χ1v) is 8.32. The molecular weight excluding hydrogens is 348 g/mol. The fraction of sp³-hybridized carbons (Fsp3) is 0.100. The molecule has 0 fully saturated rings. The van der Waals surface area contributed by atoms with Crippen molar-refractivity contribution >= 4 is 34.4 Å². The van der Waals surface area contributed by atoms with Gasteiger partial charge in [0.15, 0.2) is 0 Å². The number of benzene rings is 2. The van der Waals surface area contributed by atoms with E-state index in [0.29, 0.717) is 22.1 Å². The number of amides is 3. The minimum Gasteiger partial charge on any atom is -0.421 e. The van der Waals surface area contributed by atoms with Crippen molar-refractivity contribution in [2.75, 3.05) is 11.9 Å². The lowest BCUT2D eigenvalue weighted by molar-refractivity contribution is -0.116. The molecule has 0 saturated heterocycles. The molecule has 7 nitrogen and oxygen atoms in total. The van der Waals surface area contributed by atoms with Crippen LogP contribution in [-0.2, 0) is 4.79 Å². The Morgan fingerprint density at radius 2 is 1.56 bits per heavy atom. The molecular formula is C20H14N2O5. The summed E-state index contributed by atoms with van der Waals surface area (Å²) in [6.45, 7) is -0.0723. The normalized spacial score (nSPS) is 13.1. The highest BCUT2D eigenvalue weighted by molar-refractivity contribution is 6.21. The van der Waals surface area contributed by atoms with Gasteiger partial charge >= 0.3 is 5.63 Å². The fourth-order valence-electron chi connectivity index (χ4n) is 3.02. The Balaban J connectivity index is 1.45. The number of rotatable bonds is 4. The van der Waals surface area contributed by atoms with E-state index < -0.39 is 23.3 Å². The van der Waals surface area contributed by atoms with Gasteiger partial charge in [-0.15, -0.1) is 0 Å². The number of nitrogens with one attached hydrogen (secondary N) is 1. The summed E-state index contributed by atoms with van der Waals surface area (Å²) < 4.78 is 5.16. The number of nitrogens with zero attached hydrogens (tertiary/aromatic N) is 1. The SMILES string of the molecule is O=C(CCN1C(=O)c2ccccc2C1=O)Nc1cc2ccccc2oc1=O. The van der Waals surface area contributed by atoms with E-state index in [1.54, 1.807) is 48.5 Å². The van der Waals surface area contributed by atoms with Crippen molar-refractivity contribution in [1.29, 1.82) is 0 Å². The maximum absolute atomic E-state index is 12.3. The number of imide groups is 1. The van der Waals surface area contributed by atoms with Crippen molar-refractivity contribution in [3.63, 3.8) is 0 Å². The molecule has 0 aliphatic carbocycles. The van der Waals surface area contributed by atoms with Crippen LogP contribution in [0, 0.1) is 0 Å². The molecule has 4 rings (SSSR count). The van der Waals surface area contributed by atoms with E-state index in [9.17, 15) is 19.2 Å². The highest BCUT2D eigenvalue weighted by Gasteiger charge is 2.34. The summed E-state index contributed by atoms with van der Waals surface area (Å²) in [6, 6.07) is 15.0. The Morgan fingerprint density at radius 1 is 0.926 bits per heavy atom. The molecule has 2 heterocycles. The first kappa shape index (κ1) is 16.7. The van der Waals surface area contributed by atoms with Gasteiger partial charge in [0.25, 0.3) is 11.8 Å². The Bertz CT molecular complexity index is 1110. The smallest absolute Gasteiger partial charge is 0.360 e. The van der Waals surface area contributed by atoms with E-state index in [1.807, 2.05) is 0 Å². The summed E-state index contributed by atoms with van der Waals surface area (Å²) >= 11 is 0. The van der Waals surface area contributed by atoms with Crippen LogP contribution in [0.15, 0.2) is 63.8 Å². The average Bonchev–Trinajstić information content (AvgIpc) is 2.91. The second-order valence-corrected chi connectivity index (χ2v) is 6.09. The predicted molar refractivity (Wildman–Crippen MR) is 97.5 cm³/mol. The molecule has 1 N–H and O–H groups in total. The van der Waals surface area contributed by atoms with Crippen LogP contribution in [0.4, 0.5) is 5.69 Å². The topological polar surface area (TPSA) is 96.7 Å². The van der Waals surface area contributed by atoms with Crippen LogP contribution in [0.1, 0.15) is 27.1 Å². The van der Waals surface area contributed by atoms with Crippen LogP contribution in [-0.4, -0.2) is 29.2 Å². The Hall–Kier alpha value is -3.74. The third-order valence-electron chi connectivity index (χ3n) is 4.36. The van der Waals surface area contributed by atoms with E-state index in [4.69, 9.17) is 4.42 Å². The second-order valence-electron chi connectivity index (χ2n) is 6.09. The molecule has 0 spiro atoms. The summed E-state index contributed by atoms with van der Waals surface area (Å²) in [5, 5.41) is 3.16. The van der Waals surface area contributed by atoms with Gasteiger partial charge in [0.2, 0.25) is 5.91 Å². The molecule has 1 aromatic heterocycles. The average molecular weight is 362 g/mol.